The van der Waals surface area contributed by atoms with Gasteiger partial charge in [-0.2, -0.15) is 0 Å². The van der Waals surface area contributed by atoms with E-state index in [2.05, 4.69) is 16.2 Å². The molecule has 0 bridgehead atoms. The number of urea groups is 1. The third-order valence-electron chi connectivity index (χ3n) is 4.34. The van der Waals surface area contributed by atoms with Crippen molar-refractivity contribution in [2.45, 2.75) is 25.7 Å². The van der Waals surface area contributed by atoms with Crippen LogP contribution in [0.3, 0.4) is 0 Å². The van der Waals surface area contributed by atoms with Crippen LogP contribution in [0.1, 0.15) is 25.7 Å². The summed E-state index contributed by atoms with van der Waals surface area (Å²) in [7, 11) is 0. The molecule has 2 fully saturated rings. The zero-order valence-electron chi connectivity index (χ0n) is 11.6. The van der Waals surface area contributed by atoms with E-state index in [1.54, 1.807) is 24.3 Å². The molecule has 0 radical (unpaired) electrons. The molecule has 0 aromatic heterocycles. The summed E-state index contributed by atoms with van der Waals surface area (Å²) in [6.45, 7) is 0. The SMILES string of the molecule is O=C(NNC(=O)C1C2CCCCC21)Nc1cccc(Cl)c1. The van der Waals surface area contributed by atoms with Crippen molar-refractivity contribution in [2.75, 3.05) is 5.32 Å². The Morgan fingerprint density at radius 3 is 2.48 bits per heavy atom. The monoisotopic (exact) mass is 307 g/mol. The maximum atomic E-state index is 12.0. The molecule has 2 unspecified atom stereocenters. The van der Waals surface area contributed by atoms with Crippen molar-refractivity contribution in [1.29, 1.82) is 0 Å². The summed E-state index contributed by atoms with van der Waals surface area (Å²) in [5, 5.41) is 3.15. The third kappa shape index (κ3) is 3.29. The number of nitrogens with one attached hydrogen (secondary N) is 3. The normalized spacial score (nSPS) is 26.4. The van der Waals surface area contributed by atoms with Crippen LogP contribution in [0.2, 0.25) is 5.02 Å². The Balaban J connectivity index is 1.45. The lowest BCUT2D eigenvalue weighted by atomic mass is 10.0. The van der Waals surface area contributed by atoms with E-state index in [1.165, 1.54) is 12.8 Å². The van der Waals surface area contributed by atoms with Gasteiger partial charge in [0.15, 0.2) is 0 Å². The van der Waals surface area contributed by atoms with Crippen LogP contribution in [-0.2, 0) is 4.79 Å². The van der Waals surface area contributed by atoms with E-state index in [0.717, 1.165) is 12.8 Å². The average Bonchev–Trinajstić information content (AvgIpc) is 3.19. The molecule has 112 valence electrons. The van der Waals surface area contributed by atoms with Crippen molar-refractivity contribution in [3.63, 3.8) is 0 Å². The van der Waals surface area contributed by atoms with E-state index >= 15 is 0 Å². The van der Waals surface area contributed by atoms with E-state index in [9.17, 15) is 9.59 Å². The van der Waals surface area contributed by atoms with E-state index in [1.807, 2.05) is 0 Å². The lowest BCUT2D eigenvalue weighted by Crippen LogP contribution is -2.45. The van der Waals surface area contributed by atoms with Crippen LogP contribution in [0.15, 0.2) is 24.3 Å². The number of fused-ring (bicyclic) bond motifs is 1. The van der Waals surface area contributed by atoms with Gasteiger partial charge in [-0.15, -0.1) is 0 Å². The van der Waals surface area contributed by atoms with Gasteiger partial charge < -0.3 is 5.32 Å². The molecular weight excluding hydrogens is 290 g/mol. The van der Waals surface area contributed by atoms with E-state index in [-0.39, 0.29) is 11.8 Å². The summed E-state index contributed by atoms with van der Waals surface area (Å²) >= 11 is 5.83. The van der Waals surface area contributed by atoms with Crippen LogP contribution < -0.4 is 16.2 Å². The maximum Gasteiger partial charge on any atom is 0.337 e. The molecule has 0 saturated heterocycles. The zero-order chi connectivity index (χ0) is 14.8. The summed E-state index contributed by atoms with van der Waals surface area (Å²) in [4.78, 5) is 23.7. The first kappa shape index (κ1) is 14.2. The van der Waals surface area contributed by atoms with Gasteiger partial charge in [0.1, 0.15) is 0 Å². The smallest absolute Gasteiger partial charge is 0.307 e. The molecule has 1 aromatic carbocycles. The number of anilines is 1. The standard InChI is InChI=1S/C15H18ClN3O2/c16-9-4-3-5-10(8-9)17-15(21)19-18-14(20)13-11-6-1-2-7-12(11)13/h3-5,8,11-13H,1-2,6-7H2,(H,18,20)(H2,17,19,21). The molecule has 2 aliphatic carbocycles. The molecule has 3 N–H and O–H groups in total. The van der Waals surface area contributed by atoms with Gasteiger partial charge in [-0.25, -0.2) is 10.2 Å². The number of halogens is 1. The number of hydrogen-bond donors (Lipinski definition) is 3. The Kier molecular flexibility index (Phi) is 4.01. The first-order valence-electron chi connectivity index (χ1n) is 7.27. The van der Waals surface area contributed by atoms with Crippen LogP contribution >= 0.6 is 11.6 Å². The molecule has 21 heavy (non-hydrogen) atoms. The minimum absolute atomic E-state index is 0.0758. The minimum Gasteiger partial charge on any atom is -0.307 e. The Morgan fingerprint density at radius 1 is 1.10 bits per heavy atom. The highest BCUT2D eigenvalue weighted by molar-refractivity contribution is 6.30. The molecule has 5 nitrogen and oxygen atoms in total. The van der Waals surface area contributed by atoms with Crippen LogP contribution in [0.25, 0.3) is 0 Å². The topological polar surface area (TPSA) is 70.2 Å². The highest BCUT2D eigenvalue weighted by atomic mass is 35.5. The average molecular weight is 308 g/mol. The fourth-order valence-corrected chi connectivity index (χ4v) is 3.50. The van der Waals surface area contributed by atoms with Gasteiger partial charge in [-0.3, -0.25) is 10.2 Å². The molecule has 2 saturated carbocycles. The van der Waals surface area contributed by atoms with E-state index in [0.29, 0.717) is 22.5 Å². The number of hydrogen-bond acceptors (Lipinski definition) is 2. The first-order valence-corrected chi connectivity index (χ1v) is 7.65. The molecular formula is C15H18ClN3O2. The predicted octanol–water partition coefficient (Wildman–Crippen LogP) is 2.93. The first-order chi connectivity index (χ1) is 10.1. The molecule has 6 heteroatoms. The highest BCUT2D eigenvalue weighted by Gasteiger charge is 2.54. The van der Waals surface area contributed by atoms with Gasteiger partial charge >= 0.3 is 6.03 Å². The second-order valence-corrected chi connectivity index (χ2v) is 6.15. The number of amides is 3. The van der Waals surface area contributed by atoms with Gasteiger partial charge in [0.05, 0.1) is 0 Å². The highest BCUT2D eigenvalue weighted by Crippen LogP contribution is 2.55. The van der Waals surface area contributed by atoms with Crippen molar-refractivity contribution in [2.24, 2.45) is 17.8 Å². The van der Waals surface area contributed by atoms with Crippen molar-refractivity contribution in [3.8, 4) is 0 Å². The number of rotatable bonds is 2. The fraction of sp³-hybridized carbons (Fsp3) is 0.467. The summed E-state index contributed by atoms with van der Waals surface area (Å²) in [6.07, 6.45) is 4.70. The second-order valence-electron chi connectivity index (χ2n) is 5.72. The maximum absolute atomic E-state index is 12.0. The molecule has 0 aliphatic heterocycles. The van der Waals surface area contributed by atoms with Crippen molar-refractivity contribution in [3.05, 3.63) is 29.3 Å². The van der Waals surface area contributed by atoms with Crippen LogP contribution in [-0.4, -0.2) is 11.9 Å². The molecule has 3 amide bonds. The Hall–Kier alpha value is -1.75. The van der Waals surface area contributed by atoms with E-state index < -0.39 is 6.03 Å². The quantitative estimate of drug-likeness (QED) is 0.735. The zero-order valence-corrected chi connectivity index (χ0v) is 12.3. The third-order valence-corrected chi connectivity index (χ3v) is 4.58. The van der Waals surface area contributed by atoms with Gasteiger partial charge in [-0.05, 0) is 42.9 Å². The molecule has 1 aromatic rings. The molecule has 0 spiro atoms. The van der Waals surface area contributed by atoms with Crippen molar-refractivity contribution < 1.29 is 9.59 Å². The largest absolute Gasteiger partial charge is 0.337 e. The van der Waals surface area contributed by atoms with E-state index in [4.69, 9.17) is 11.6 Å². The van der Waals surface area contributed by atoms with Crippen molar-refractivity contribution in [1.82, 2.24) is 10.9 Å². The van der Waals surface area contributed by atoms with Crippen LogP contribution in [0.4, 0.5) is 10.5 Å². The summed E-state index contributed by atoms with van der Waals surface area (Å²) in [6, 6.07) is 6.35. The van der Waals surface area contributed by atoms with Gasteiger partial charge in [0.25, 0.3) is 0 Å². The minimum atomic E-state index is -0.478. The number of hydrazine groups is 1. The number of carbonyl (C=O) groups excluding carboxylic acids is 2. The van der Waals surface area contributed by atoms with Gasteiger partial charge in [0.2, 0.25) is 5.91 Å². The molecule has 0 heterocycles. The summed E-state index contributed by atoms with van der Waals surface area (Å²) in [5.74, 6) is 1.06. The number of carbonyl (C=O) groups is 2. The Morgan fingerprint density at radius 2 is 1.81 bits per heavy atom. The Labute approximate surface area is 128 Å². The van der Waals surface area contributed by atoms with Gasteiger partial charge in [-0.1, -0.05) is 30.5 Å². The van der Waals surface area contributed by atoms with Crippen LogP contribution in [0, 0.1) is 17.8 Å². The second kappa shape index (κ2) is 5.93. The molecule has 2 atom stereocenters. The lowest BCUT2D eigenvalue weighted by Gasteiger charge is -2.09. The number of benzene rings is 1. The fourth-order valence-electron chi connectivity index (χ4n) is 3.31. The van der Waals surface area contributed by atoms with Crippen LogP contribution in [0.5, 0.6) is 0 Å². The van der Waals surface area contributed by atoms with Crippen molar-refractivity contribution >= 4 is 29.2 Å². The lowest BCUT2D eigenvalue weighted by molar-refractivity contribution is -0.123. The summed E-state index contributed by atoms with van der Waals surface area (Å²) < 4.78 is 0. The Bertz CT molecular complexity index is 552. The summed E-state index contributed by atoms with van der Waals surface area (Å²) in [5.41, 5.74) is 5.47. The van der Waals surface area contributed by atoms with Gasteiger partial charge in [0, 0.05) is 16.6 Å². The predicted molar refractivity (Wildman–Crippen MR) is 80.7 cm³/mol. The molecule has 3 rings (SSSR count). The molecule has 2 aliphatic rings.